The van der Waals surface area contributed by atoms with Gasteiger partial charge < -0.3 is 8.85 Å². The number of allylic oxidation sites excluding steroid dienone is 4. The van der Waals surface area contributed by atoms with Gasteiger partial charge in [0.05, 0.1) is 16.5 Å². The fourth-order valence-corrected chi connectivity index (χ4v) is 1.39. The summed E-state index contributed by atoms with van der Waals surface area (Å²) in [6.07, 6.45) is 8.87. The average molecular weight is 273 g/mol. The topological polar surface area (TPSA) is 18.5 Å². The van der Waals surface area contributed by atoms with Gasteiger partial charge >= 0.3 is 0 Å². The van der Waals surface area contributed by atoms with Crippen molar-refractivity contribution in [2.24, 2.45) is 0 Å². The van der Waals surface area contributed by atoms with Gasteiger partial charge in [-0.25, -0.2) is 0 Å². The van der Waals surface area contributed by atoms with Gasteiger partial charge in [-0.15, -0.1) is 0 Å². The van der Waals surface area contributed by atoms with Crippen molar-refractivity contribution in [3.8, 4) is 0 Å². The largest absolute Gasteiger partial charge is 0.561 e. The van der Waals surface area contributed by atoms with Gasteiger partial charge in [-0.05, 0) is 31.8 Å². The van der Waals surface area contributed by atoms with Crippen molar-refractivity contribution in [2.75, 3.05) is 0 Å². The molecule has 0 spiro atoms. The summed E-state index contributed by atoms with van der Waals surface area (Å²) < 4.78 is 10.3. The van der Waals surface area contributed by atoms with Gasteiger partial charge in [-0.1, -0.05) is 25.3 Å². The van der Waals surface area contributed by atoms with Crippen LogP contribution in [-0.4, -0.2) is 29.0 Å². The highest BCUT2D eigenvalue weighted by atomic mass is 28.4. The molecule has 0 aromatic heterocycles. The molecule has 0 unspecified atom stereocenters. The molecule has 0 amide bonds. The molecule has 0 aromatic carbocycles. The van der Waals surface area contributed by atoms with Crippen LogP contribution in [0.3, 0.4) is 0 Å². The van der Waals surface area contributed by atoms with Crippen LogP contribution in [0.15, 0.2) is 49.1 Å². The Hall–Kier alpha value is -0.789. The van der Waals surface area contributed by atoms with E-state index >= 15 is 0 Å². The zero-order valence-electron chi connectivity index (χ0n) is 11.1. The molecule has 0 aliphatic rings. The second kappa shape index (κ2) is 10.7. The van der Waals surface area contributed by atoms with Crippen molar-refractivity contribution in [3.05, 3.63) is 49.1 Å². The third-order valence-corrected chi connectivity index (χ3v) is 4.36. The molecule has 0 N–H and O–H groups in total. The molecule has 0 atom stereocenters. The molecule has 2 nitrogen and oxygen atoms in total. The zero-order valence-corrected chi connectivity index (χ0v) is 16.1. The van der Waals surface area contributed by atoms with E-state index in [0.717, 1.165) is 26.1 Å². The molecule has 16 heavy (non-hydrogen) atoms. The smallest absolute Gasteiger partial charge is 0.241 e. The normalized spacial score (nSPS) is 11.8. The molecule has 0 aliphatic heterocycles. The van der Waals surface area contributed by atoms with E-state index in [1.807, 2.05) is 6.08 Å². The maximum Gasteiger partial charge on any atom is 0.241 e. The Morgan fingerprint density at radius 2 is 1.75 bits per heavy atom. The predicted molar refractivity (Wildman–Crippen MR) is 83.0 cm³/mol. The Labute approximate surface area is 107 Å². The van der Waals surface area contributed by atoms with Crippen molar-refractivity contribution in [3.63, 3.8) is 0 Å². The first-order valence-electron chi connectivity index (χ1n) is 5.16. The molecule has 5 heteroatoms. The molecule has 0 fully saturated rings. The lowest BCUT2D eigenvalue weighted by Gasteiger charge is -2.13. The number of hydrogen-bond donors (Lipinski definition) is 0. The first kappa shape index (κ1) is 17.6. The highest BCUT2D eigenvalue weighted by Crippen LogP contribution is 2.01. The van der Waals surface area contributed by atoms with E-state index in [2.05, 4.69) is 32.8 Å². The quantitative estimate of drug-likeness (QED) is 0.426. The lowest BCUT2D eigenvalue weighted by molar-refractivity contribution is 0.479. The van der Waals surface area contributed by atoms with Gasteiger partial charge in [0, 0.05) is 5.38 Å². The van der Waals surface area contributed by atoms with Crippen molar-refractivity contribution < 1.29 is 8.85 Å². The Kier molecular flexibility index (Phi) is 11.8. The maximum atomic E-state index is 5.36. The standard InChI is InChI=1S/C7H14OSi.C4H10OSi2/c1-5-6-7-8-9(2,3)4;1-2-3-4(6)5-7/h5-7H,1H2,2-4H3;2-3H,1H2,6-7H3. The van der Waals surface area contributed by atoms with Gasteiger partial charge in [-0.3, -0.25) is 0 Å². The second-order valence-corrected chi connectivity index (χ2v) is 9.87. The molecular formula is C11H24O2Si3. The first-order valence-corrected chi connectivity index (χ1v) is 10.4. The van der Waals surface area contributed by atoms with E-state index in [1.165, 1.54) is 0 Å². The van der Waals surface area contributed by atoms with Crippen LogP contribution in [0.1, 0.15) is 0 Å². The predicted octanol–water partition coefficient (Wildman–Crippen LogP) is 1.21. The molecule has 0 heterocycles. The summed E-state index contributed by atoms with van der Waals surface area (Å²) in [4.78, 5) is 0. The van der Waals surface area contributed by atoms with Gasteiger partial charge in [0.15, 0.2) is 0 Å². The molecular weight excluding hydrogens is 248 g/mol. The summed E-state index contributed by atoms with van der Waals surface area (Å²) >= 11 is 0. The Balaban J connectivity index is 0. The summed E-state index contributed by atoms with van der Waals surface area (Å²) in [6.45, 7) is 13.5. The lowest BCUT2D eigenvalue weighted by atomic mass is 10.6. The summed E-state index contributed by atoms with van der Waals surface area (Å²) in [7, 11) is 0.478. The van der Waals surface area contributed by atoms with Crippen LogP contribution in [0.25, 0.3) is 0 Å². The van der Waals surface area contributed by atoms with E-state index in [1.54, 1.807) is 24.5 Å². The first-order chi connectivity index (χ1) is 7.37. The molecule has 0 saturated carbocycles. The SMILES string of the molecule is C=CC=C([SiH3])O[SiH3].C=CC=CO[Si](C)(C)C. The molecule has 0 saturated heterocycles. The van der Waals surface area contributed by atoms with E-state index in [0.29, 0.717) is 0 Å². The van der Waals surface area contributed by atoms with Crippen molar-refractivity contribution in [2.45, 2.75) is 19.6 Å². The Bertz CT molecular complexity index is 252. The zero-order chi connectivity index (χ0) is 13.0. The summed E-state index contributed by atoms with van der Waals surface area (Å²) in [5.74, 6) is 0. The minimum Gasteiger partial charge on any atom is -0.561 e. The van der Waals surface area contributed by atoms with Gasteiger partial charge in [-0.2, -0.15) is 0 Å². The fourth-order valence-electron chi connectivity index (χ4n) is 0.533. The maximum absolute atomic E-state index is 5.36. The Morgan fingerprint density at radius 1 is 1.19 bits per heavy atom. The minimum atomic E-state index is -1.33. The highest BCUT2D eigenvalue weighted by Gasteiger charge is 2.12. The summed E-state index contributed by atoms with van der Waals surface area (Å²) in [6, 6.07) is 0. The van der Waals surface area contributed by atoms with Crippen LogP contribution in [0.2, 0.25) is 19.6 Å². The molecule has 0 radical (unpaired) electrons. The summed E-state index contributed by atoms with van der Waals surface area (Å²) in [5, 5.41) is 1.08. The van der Waals surface area contributed by atoms with Crippen molar-refractivity contribution in [1.82, 2.24) is 0 Å². The second-order valence-electron chi connectivity index (χ2n) is 4.01. The minimum absolute atomic E-state index is 0.806. The van der Waals surface area contributed by atoms with Crippen LogP contribution in [0, 0.1) is 0 Å². The summed E-state index contributed by atoms with van der Waals surface area (Å²) in [5.41, 5.74) is 0. The number of rotatable bonds is 5. The number of hydrogen-bond acceptors (Lipinski definition) is 2. The van der Waals surface area contributed by atoms with Crippen LogP contribution in [0.5, 0.6) is 0 Å². The van der Waals surface area contributed by atoms with E-state index < -0.39 is 8.32 Å². The molecule has 0 bridgehead atoms. The van der Waals surface area contributed by atoms with E-state index in [9.17, 15) is 0 Å². The Morgan fingerprint density at radius 3 is 2.00 bits per heavy atom. The van der Waals surface area contributed by atoms with Crippen LogP contribution >= 0.6 is 0 Å². The highest BCUT2D eigenvalue weighted by molar-refractivity contribution is 6.69. The molecule has 0 aromatic rings. The van der Waals surface area contributed by atoms with E-state index in [4.69, 9.17) is 8.85 Å². The third-order valence-electron chi connectivity index (χ3n) is 1.31. The van der Waals surface area contributed by atoms with Crippen molar-refractivity contribution in [1.29, 1.82) is 0 Å². The van der Waals surface area contributed by atoms with Crippen LogP contribution in [-0.2, 0) is 8.85 Å². The monoisotopic (exact) mass is 272 g/mol. The third kappa shape index (κ3) is 18.9. The molecule has 0 rings (SSSR count). The van der Waals surface area contributed by atoms with Gasteiger partial charge in [0.25, 0.3) is 0 Å². The molecule has 92 valence electrons. The van der Waals surface area contributed by atoms with Crippen LogP contribution in [0.4, 0.5) is 0 Å². The van der Waals surface area contributed by atoms with Gasteiger partial charge in [0.1, 0.15) is 0 Å². The van der Waals surface area contributed by atoms with E-state index in [-0.39, 0.29) is 0 Å². The lowest BCUT2D eigenvalue weighted by Crippen LogP contribution is -2.21. The molecule has 0 aliphatic carbocycles. The van der Waals surface area contributed by atoms with Gasteiger partial charge in [0.2, 0.25) is 18.8 Å². The van der Waals surface area contributed by atoms with Crippen LogP contribution < -0.4 is 0 Å². The van der Waals surface area contributed by atoms with Crippen molar-refractivity contribution >= 4 is 29.0 Å². The fraction of sp³-hybridized carbons (Fsp3) is 0.273. The average Bonchev–Trinajstić information content (AvgIpc) is 2.18.